The molecule has 9 nitrogen and oxygen atoms in total. The highest BCUT2D eigenvalue weighted by molar-refractivity contribution is 5.90. The van der Waals surface area contributed by atoms with E-state index in [9.17, 15) is 22.8 Å². The Balaban J connectivity index is 1.44. The maximum absolute atomic E-state index is 12.4. The number of halogens is 3. The number of aromatic amines is 1. The van der Waals surface area contributed by atoms with E-state index in [1.165, 1.54) is 13.1 Å². The number of alkyl carbamates (subject to hydrolysis) is 1. The van der Waals surface area contributed by atoms with Gasteiger partial charge in [0.15, 0.2) is 5.82 Å². The van der Waals surface area contributed by atoms with E-state index in [-0.39, 0.29) is 18.2 Å². The minimum absolute atomic E-state index is 0.0166. The second-order valence-corrected chi connectivity index (χ2v) is 7.70. The molecule has 3 atom stereocenters. The lowest BCUT2D eigenvalue weighted by Gasteiger charge is -2.18. The maximum atomic E-state index is 12.4. The monoisotopic (exact) mass is 443 g/mol. The second kappa shape index (κ2) is 9.40. The number of carbonyl (C=O) groups excluding carboxylic acids is 2. The topological polar surface area (TPSA) is 122 Å². The van der Waals surface area contributed by atoms with Crippen LogP contribution in [0.5, 0.6) is 0 Å². The molecule has 2 amide bonds. The predicted octanol–water partition coefficient (Wildman–Crippen LogP) is 3.59. The van der Waals surface area contributed by atoms with Gasteiger partial charge in [0.1, 0.15) is 18.3 Å². The van der Waals surface area contributed by atoms with Crippen LogP contribution >= 0.6 is 0 Å². The zero-order chi connectivity index (χ0) is 22.6. The van der Waals surface area contributed by atoms with Gasteiger partial charge in [-0.2, -0.15) is 18.3 Å². The Hall–Kier alpha value is -3.05. The van der Waals surface area contributed by atoms with Gasteiger partial charge in [0.25, 0.3) is 0 Å². The molecule has 3 rings (SSSR count). The molecule has 1 unspecified atom stereocenters. The molecule has 0 aliphatic heterocycles. The fourth-order valence-electron chi connectivity index (χ4n) is 3.53. The second-order valence-electron chi connectivity index (χ2n) is 7.70. The van der Waals surface area contributed by atoms with Crippen LogP contribution in [0.2, 0.25) is 0 Å². The lowest BCUT2D eigenvalue weighted by atomic mass is 10.0. The van der Waals surface area contributed by atoms with Crippen molar-refractivity contribution in [3.8, 4) is 0 Å². The number of nitrogens with one attached hydrogen (secondary N) is 3. The molecular weight excluding hydrogens is 419 g/mol. The third-order valence-electron chi connectivity index (χ3n) is 4.85. The number of ether oxygens (including phenoxy) is 1. The minimum atomic E-state index is -4.35. The van der Waals surface area contributed by atoms with E-state index in [0.717, 1.165) is 5.69 Å². The first kappa shape index (κ1) is 22.6. The summed E-state index contributed by atoms with van der Waals surface area (Å²) in [5.74, 6) is 0.984. The molecule has 2 aromatic heterocycles. The van der Waals surface area contributed by atoms with Gasteiger partial charge in [-0.15, -0.1) is 0 Å². The lowest BCUT2D eigenvalue weighted by Crippen LogP contribution is -2.37. The Morgan fingerprint density at radius 2 is 2.16 bits per heavy atom. The van der Waals surface area contributed by atoms with Crippen LogP contribution in [0.3, 0.4) is 0 Å². The first-order valence-corrected chi connectivity index (χ1v) is 9.87. The van der Waals surface area contributed by atoms with E-state index < -0.39 is 30.8 Å². The summed E-state index contributed by atoms with van der Waals surface area (Å²) in [7, 11) is 0. The van der Waals surface area contributed by atoms with E-state index in [1.807, 2.05) is 0 Å². The van der Waals surface area contributed by atoms with Crippen LogP contribution in [0.4, 0.5) is 23.8 Å². The van der Waals surface area contributed by atoms with Crippen LogP contribution in [0, 0.1) is 6.92 Å². The smallest absolute Gasteiger partial charge is 0.407 e. The van der Waals surface area contributed by atoms with Crippen LogP contribution in [0.1, 0.15) is 55.9 Å². The van der Waals surface area contributed by atoms with E-state index >= 15 is 0 Å². The molecule has 170 valence electrons. The van der Waals surface area contributed by atoms with Gasteiger partial charge in [0.05, 0.1) is 12.6 Å². The SMILES string of the molecule is Cc1cnc(CC(=O)Nc2cc([C@H]3CC[C@@H](OC(=O)NC(C)CC(F)(F)F)C3)[nH]n2)o1. The van der Waals surface area contributed by atoms with E-state index in [4.69, 9.17) is 9.15 Å². The van der Waals surface area contributed by atoms with Gasteiger partial charge in [-0.3, -0.25) is 9.89 Å². The zero-order valence-corrected chi connectivity index (χ0v) is 17.1. The van der Waals surface area contributed by atoms with E-state index in [0.29, 0.717) is 36.7 Å². The summed E-state index contributed by atoms with van der Waals surface area (Å²) in [6.07, 6.45) is -3.43. The molecule has 0 aromatic carbocycles. The van der Waals surface area contributed by atoms with Crippen LogP contribution < -0.4 is 10.6 Å². The predicted molar refractivity (Wildman–Crippen MR) is 102 cm³/mol. The molecule has 3 N–H and O–H groups in total. The number of aryl methyl sites for hydroxylation is 1. The molecule has 1 aliphatic carbocycles. The zero-order valence-electron chi connectivity index (χ0n) is 17.1. The minimum Gasteiger partial charge on any atom is -0.446 e. The summed E-state index contributed by atoms with van der Waals surface area (Å²) < 4.78 is 47.6. The van der Waals surface area contributed by atoms with Crippen molar-refractivity contribution in [2.45, 2.75) is 70.2 Å². The molecule has 0 spiro atoms. The molecule has 1 saturated carbocycles. The number of anilines is 1. The molecule has 2 heterocycles. The van der Waals surface area contributed by atoms with Crippen molar-refractivity contribution in [2.24, 2.45) is 0 Å². The molecule has 0 bridgehead atoms. The van der Waals surface area contributed by atoms with Crippen LogP contribution in [-0.2, 0) is 16.0 Å². The van der Waals surface area contributed by atoms with Gasteiger partial charge < -0.3 is 19.8 Å². The van der Waals surface area contributed by atoms with Gasteiger partial charge in [-0.1, -0.05) is 0 Å². The number of aromatic nitrogens is 3. The molecule has 1 aliphatic rings. The van der Waals surface area contributed by atoms with Crippen molar-refractivity contribution in [2.75, 3.05) is 5.32 Å². The number of nitrogens with zero attached hydrogens (tertiary/aromatic N) is 2. The highest BCUT2D eigenvalue weighted by Gasteiger charge is 2.33. The summed E-state index contributed by atoms with van der Waals surface area (Å²) in [6, 6.07) is 0.640. The first-order valence-electron chi connectivity index (χ1n) is 9.87. The van der Waals surface area contributed by atoms with Crippen molar-refractivity contribution in [3.63, 3.8) is 0 Å². The van der Waals surface area contributed by atoms with E-state index in [2.05, 4.69) is 25.8 Å². The van der Waals surface area contributed by atoms with Gasteiger partial charge in [-0.25, -0.2) is 9.78 Å². The molecule has 0 saturated heterocycles. The van der Waals surface area contributed by atoms with Gasteiger partial charge in [-0.05, 0) is 33.1 Å². The quantitative estimate of drug-likeness (QED) is 0.601. The summed E-state index contributed by atoms with van der Waals surface area (Å²) >= 11 is 0. The Morgan fingerprint density at radius 3 is 2.84 bits per heavy atom. The highest BCUT2D eigenvalue weighted by atomic mass is 19.4. The number of amides is 2. The van der Waals surface area contributed by atoms with Crippen molar-refractivity contribution in [3.05, 3.63) is 29.6 Å². The number of oxazole rings is 1. The number of carbonyl (C=O) groups is 2. The van der Waals surface area contributed by atoms with Gasteiger partial charge in [0, 0.05) is 23.7 Å². The van der Waals surface area contributed by atoms with Crippen molar-refractivity contribution in [1.82, 2.24) is 20.5 Å². The number of rotatable bonds is 7. The standard InChI is InChI=1S/C19H24F3N5O4/c1-10(8-19(20,21)22)24-18(29)31-13-4-3-12(5-13)14-6-15(27-26-14)25-16(28)7-17-23-9-11(2)30-17/h6,9-10,12-13H,3-5,7-8H2,1-2H3,(H,24,29)(H2,25,26,27,28)/t10?,12-,13+/m0/s1. The Labute approximate surface area is 176 Å². The Morgan fingerprint density at radius 1 is 1.39 bits per heavy atom. The highest BCUT2D eigenvalue weighted by Crippen LogP contribution is 2.36. The normalized spacial score (nSPS) is 19.8. The summed E-state index contributed by atoms with van der Waals surface area (Å²) in [5, 5.41) is 11.8. The number of hydrogen-bond donors (Lipinski definition) is 3. The average Bonchev–Trinajstić information content (AvgIpc) is 3.34. The van der Waals surface area contributed by atoms with E-state index in [1.54, 1.807) is 13.0 Å². The van der Waals surface area contributed by atoms with Crippen LogP contribution in [0.15, 0.2) is 16.7 Å². The number of alkyl halides is 3. The van der Waals surface area contributed by atoms with Crippen LogP contribution in [0.25, 0.3) is 0 Å². The third kappa shape index (κ3) is 7.00. The van der Waals surface area contributed by atoms with Crippen LogP contribution in [-0.4, -0.2) is 45.5 Å². The molecule has 1 fully saturated rings. The fourth-order valence-corrected chi connectivity index (χ4v) is 3.53. The fraction of sp³-hybridized carbons (Fsp3) is 0.579. The first-order chi connectivity index (χ1) is 14.6. The lowest BCUT2D eigenvalue weighted by molar-refractivity contribution is -0.138. The summed E-state index contributed by atoms with van der Waals surface area (Å²) in [5.41, 5.74) is 0.777. The summed E-state index contributed by atoms with van der Waals surface area (Å²) in [4.78, 5) is 27.9. The Kier molecular flexibility index (Phi) is 6.86. The summed E-state index contributed by atoms with van der Waals surface area (Å²) in [6.45, 7) is 3.01. The Bertz CT molecular complexity index is 910. The average molecular weight is 443 g/mol. The van der Waals surface area contributed by atoms with Crippen molar-refractivity contribution < 1.29 is 31.9 Å². The molecule has 0 radical (unpaired) electrons. The van der Waals surface area contributed by atoms with Gasteiger partial charge in [0.2, 0.25) is 11.8 Å². The largest absolute Gasteiger partial charge is 0.446 e. The molecule has 31 heavy (non-hydrogen) atoms. The van der Waals surface area contributed by atoms with Crippen molar-refractivity contribution in [1.29, 1.82) is 0 Å². The number of hydrogen-bond acceptors (Lipinski definition) is 6. The number of H-pyrrole nitrogens is 1. The van der Waals surface area contributed by atoms with Gasteiger partial charge >= 0.3 is 12.3 Å². The molecule has 2 aromatic rings. The molecular formula is C19H24F3N5O4. The third-order valence-corrected chi connectivity index (χ3v) is 4.85. The molecule has 12 heteroatoms. The maximum Gasteiger partial charge on any atom is 0.407 e. The van der Waals surface area contributed by atoms with Crippen molar-refractivity contribution >= 4 is 17.8 Å².